The molecule has 43 heavy (non-hydrogen) atoms. The molecule has 1 aromatic heterocycles. The van der Waals surface area contributed by atoms with Crippen LogP contribution in [-0.4, -0.2) is 60.1 Å². The minimum Gasteiger partial charge on any atom is -0.490 e. The summed E-state index contributed by atoms with van der Waals surface area (Å²) in [7, 11) is 2.08. The van der Waals surface area contributed by atoms with E-state index in [1.165, 1.54) is 12.3 Å². The Kier molecular flexibility index (Phi) is 9.06. The summed E-state index contributed by atoms with van der Waals surface area (Å²) in [6.07, 6.45) is 1.40. The number of carbonyl (C=O) groups is 1. The molecule has 1 amide bonds. The predicted octanol–water partition coefficient (Wildman–Crippen LogP) is 6.56. The molecule has 10 heteroatoms. The van der Waals surface area contributed by atoms with Gasteiger partial charge in [0.1, 0.15) is 11.4 Å². The summed E-state index contributed by atoms with van der Waals surface area (Å²) >= 11 is 0. The summed E-state index contributed by atoms with van der Waals surface area (Å²) in [5.41, 5.74) is 3.71. The normalized spacial score (nSPS) is 15.2. The minimum atomic E-state index is -0.426. The summed E-state index contributed by atoms with van der Waals surface area (Å²) in [6, 6.07) is 18.2. The molecule has 1 saturated heterocycles. The Morgan fingerprint density at radius 2 is 1.79 bits per heavy atom. The van der Waals surface area contributed by atoms with E-state index in [0.717, 1.165) is 30.8 Å². The van der Waals surface area contributed by atoms with Gasteiger partial charge in [0.25, 0.3) is 5.91 Å². The molecule has 5 rings (SSSR count). The zero-order valence-electron chi connectivity index (χ0n) is 25.1. The molecule has 2 N–H and O–H groups in total. The van der Waals surface area contributed by atoms with Gasteiger partial charge in [-0.15, -0.1) is 0 Å². The van der Waals surface area contributed by atoms with Crippen LogP contribution in [0.4, 0.5) is 27.4 Å². The highest BCUT2D eigenvalue weighted by molar-refractivity contribution is 6.06. The van der Waals surface area contributed by atoms with Crippen LogP contribution in [0.15, 0.2) is 66.9 Å². The van der Waals surface area contributed by atoms with Crippen molar-refractivity contribution in [2.75, 3.05) is 48.8 Å². The maximum atomic E-state index is 15.3. The number of nitrogens with one attached hydrogen (secondary N) is 2. The van der Waals surface area contributed by atoms with Crippen molar-refractivity contribution in [2.45, 2.75) is 33.7 Å². The number of aromatic nitrogens is 2. The highest BCUT2D eigenvalue weighted by atomic mass is 19.1. The molecule has 3 aromatic carbocycles. The van der Waals surface area contributed by atoms with Crippen molar-refractivity contribution in [2.24, 2.45) is 0 Å². The Hall–Kier alpha value is -4.70. The van der Waals surface area contributed by atoms with Crippen molar-refractivity contribution in [1.29, 1.82) is 0 Å². The van der Waals surface area contributed by atoms with Gasteiger partial charge in [-0.1, -0.05) is 30.3 Å². The molecule has 9 nitrogen and oxygen atoms in total. The Bertz CT molecular complexity index is 1590. The molecule has 4 aromatic rings. The smallest absolute Gasteiger partial charge is 0.262 e. The van der Waals surface area contributed by atoms with Crippen LogP contribution >= 0.6 is 0 Å². The molecule has 1 aliphatic heterocycles. The summed E-state index contributed by atoms with van der Waals surface area (Å²) in [4.78, 5) is 26.7. The van der Waals surface area contributed by atoms with E-state index in [9.17, 15) is 4.79 Å². The lowest BCUT2D eigenvalue weighted by Crippen LogP contribution is -2.50. The van der Waals surface area contributed by atoms with Gasteiger partial charge in [0.05, 0.1) is 12.3 Å². The standard InChI is InChI=1S/C33H37FN6O3/c1-6-42-28-12-7-8-13-29(28)43-32-25(31(41)37-30-21(2)10-9-11-22(30)3)19-35-33(38-32)36-24-14-15-27(26(34)18-24)40-17-16-39(5)23(4)20-40/h7-15,18-19,23H,6,16-17,20H2,1-5H3,(H,37,41)(H,35,36,38). The lowest BCUT2D eigenvalue weighted by Gasteiger charge is -2.39. The lowest BCUT2D eigenvalue weighted by molar-refractivity contribution is 0.102. The van der Waals surface area contributed by atoms with Crippen molar-refractivity contribution >= 4 is 28.9 Å². The molecule has 2 heterocycles. The number of likely N-dealkylation sites (N-methyl/N-ethyl adjacent to an activating group) is 1. The second-order valence-corrected chi connectivity index (χ2v) is 10.7. The van der Waals surface area contributed by atoms with Crippen molar-refractivity contribution in [3.63, 3.8) is 0 Å². The average Bonchev–Trinajstić information content (AvgIpc) is 2.98. The first kappa shape index (κ1) is 29.8. The number of piperazine rings is 1. The summed E-state index contributed by atoms with van der Waals surface area (Å²) in [5.74, 6) is 0.310. The van der Waals surface area contributed by atoms with E-state index in [1.807, 2.05) is 45.0 Å². The second kappa shape index (κ2) is 13.1. The van der Waals surface area contributed by atoms with Crippen molar-refractivity contribution in [1.82, 2.24) is 14.9 Å². The van der Waals surface area contributed by atoms with Crippen molar-refractivity contribution < 1.29 is 18.7 Å². The highest BCUT2D eigenvalue weighted by Crippen LogP contribution is 2.34. The Labute approximate surface area is 251 Å². The maximum Gasteiger partial charge on any atom is 0.262 e. The number of anilines is 4. The van der Waals surface area contributed by atoms with Crippen molar-refractivity contribution in [3.8, 4) is 17.4 Å². The molecule has 0 spiro atoms. The summed E-state index contributed by atoms with van der Waals surface area (Å²) in [6.45, 7) is 10.7. The first-order valence-electron chi connectivity index (χ1n) is 14.4. The third-order valence-electron chi connectivity index (χ3n) is 7.58. The monoisotopic (exact) mass is 584 g/mol. The number of para-hydroxylation sites is 3. The predicted molar refractivity (Wildman–Crippen MR) is 168 cm³/mol. The maximum absolute atomic E-state index is 15.3. The first-order chi connectivity index (χ1) is 20.7. The molecule has 0 aliphatic carbocycles. The van der Waals surface area contributed by atoms with E-state index >= 15 is 4.39 Å². The fourth-order valence-corrected chi connectivity index (χ4v) is 5.00. The summed E-state index contributed by atoms with van der Waals surface area (Å²) in [5, 5.41) is 6.03. The van der Waals surface area contributed by atoms with Crippen LogP contribution in [0.5, 0.6) is 17.4 Å². The van der Waals surface area contributed by atoms with Crippen LogP contribution < -0.4 is 25.0 Å². The van der Waals surface area contributed by atoms with Crippen molar-refractivity contribution in [3.05, 3.63) is 89.4 Å². The fraction of sp³-hybridized carbons (Fsp3) is 0.303. The van der Waals surface area contributed by atoms with Gasteiger partial charge in [-0.25, -0.2) is 9.37 Å². The van der Waals surface area contributed by atoms with Gasteiger partial charge in [-0.2, -0.15) is 4.98 Å². The van der Waals surface area contributed by atoms with Gasteiger partial charge in [-0.05, 0) is 76.2 Å². The van der Waals surface area contributed by atoms with E-state index in [2.05, 4.69) is 44.4 Å². The van der Waals surface area contributed by atoms with E-state index in [4.69, 9.17) is 9.47 Å². The molecule has 1 unspecified atom stereocenters. The van der Waals surface area contributed by atoms with Crippen LogP contribution in [0.25, 0.3) is 0 Å². The van der Waals surface area contributed by atoms with Gasteiger partial charge in [0.15, 0.2) is 11.5 Å². The number of carbonyl (C=O) groups excluding carboxylic acids is 1. The van der Waals surface area contributed by atoms with E-state index in [0.29, 0.717) is 41.2 Å². The number of aryl methyl sites for hydroxylation is 2. The van der Waals surface area contributed by atoms with E-state index < -0.39 is 5.91 Å². The minimum absolute atomic E-state index is 0.0249. The molecule has 0 saturated carbocycles. The SMILES string of the molecule is CCOc1ccccc1Oc1nc(Nc2ccc(N3CCN(C)C(C)C3)c(F)c2)ncc1C(=O)Nc1c(C)cccc1C. The topological polar surface area (TPSA) is 91.9 Å². The molecular formula is C33H37FN6O3. The number of hydrogen-bond acceptors (Lipinski definition) is 8. The van der Waals surface area contributed by atoms with E-state index in [-0.39, 0.29) is 23.2 Å². The Morgan fingerprint density at radius 1 is 1.05 bits per heavy atom. The van der Waals surface area contributed by atoms with Gasteiger partial charge >= 0.3 is 0 Å². The molecular weight excluding hydrogens is 547 g/mol. The van der Waals surface area contributed by atoms with Gasteiger partial charge in [0, 0.05) is 43.2 Å². The van der Waals surface area contributed by atoms with Crippen LogP contribution in [-0.2, 0) is 0 Å². The fourth-order valence-electron chi connectivity index (χ4n) is 5.00. The van der Waals surface area contributed by atoms with Crippen LogP contribution in [0.3, 0.4) is 0 Å². The number of halogens is 1. The van der Waals surface area contributed by atoms with E-state index in [1.54, 1.807) is 30.3 Å². The summed E-state index contributed by atoms with van der Waals surface area (Å²) < 4.78 is 27.1. The second-order valence-electron chi connectivity index (χ2n) is 10.7. The largest absolute Gasteiger partial charge is 0.490 e. The lowest BCUT2D eigenvalue weighted by atomic mass is 10.1. The van der Waals surface area contributed by atoms with Crippen LogP contribution in [0.1, 0.15) is 35.3 Å². The molecule has 0 radical (unpaired) electrons. The number of hydrogen-bond donors (Lipinski definition) is 2. The number of ether oxygens (including phenoxy) is 2. The Balaban J connectivity index is 1.44. The molecule has 1 atom stereocenters. The van der Waals surface area contributed by atoms with Crippen LogP contribution in [0, 0.1) is 19.7 Å². The number of benzene rings is 3. The highest BCUT2D eigenvalue weighted by Gasteiger charge is 2.24. The molecule has 224 valence electrons. The first-order valence-corrected chi connectivity index (χ1v) is 14.4. The van der Waals surface area contributed by atoms with Crippen LogP contribution in [0.2, 0.25) is 0 Å². The molecule has 1 aliphatic rings. The number of amides is 1. The number of rotatable bonds is 9. The zero-order valence-corrected chi connectivity index (χ0v) is 25.1. The third-order valence-corrected chi connectivity index (χ3v) is 7.58. The third kappa shape index (κ3) is 6.86. The van der Waals surface area contributed by atoms with Gasteiger partial charge in [0.2, 0.25) is 11.8 Å². The quantitative estimate of drug-likeness (QED) is 0.229. The Morgan fingerprint density at radius 3 is 2.49 bits per heavy atom. The average molecular weight is 585 g/mol. The number of nitrogens with zero attached hydrogens (tertiary/aromatic N) is 4. The van der Waals surface area contributed by atoms with Gasteiger partial charge in [-0.3, -0.25) is 4.79 Å². The van der Waals surface area contributed by atoms with Gasteiger partial charge < -0.3 is 29.9 Å². The molecule has 0 bridgehead atoms. The molecule has 1 fully saturated rings. The zero-order chi connectivity index (χ0) is 30.5.